The second kappa shape index (κ2) is 6.42. The van der Waals surface area contributed by atoms with Crippen LogP contribution in [0.3, 0.4) is 0 Å². The highest BCUT2D eigenvalue weighted by Crippen LogP contribution is 2.37. The molecule has 0 heterocycles. The van der Waals surface area contributed by atoms with Crippen molar-refractivity contribution in [2.45, 2.75) is 37.9 Å². The maximum atomic E-state index is 12.6. The summed E-state index contributed by atoms with van der Waals surface area (Å²) in [5.41, 5.74) is 2.51. The van der Waals surface area contributed by atoms with Crippen LogP contribution in [0.2, 0.25) is 0 Å². The van der Waals surface area contributed by atoms with Gasteiger partial charge in [-0.2, -0.15) is 18.7 Å². The Bertz CT molecular complexity index is 199. The molecule has 0 aromatic rings. The Hall–Kier alpha value is -0.330. The monoisotopic (exact) mass is 241 g/mol. The Kier molecular flexibility index (Phi) is 5.51. The third-order valence-corrected chi connectivity index (χ3v) is 2.81. The van der Waals surface area contributed by atoms with Gasteiger partial charge < -0.3 is 4.74 Å². The molecule has 6 heteroatoms. The molecule has 0 aromatic carbocycles. The number of hydrogen-bond acceptors (Lipinski definition) is 3. The number of ether oxygens (including phenoxy) is 1. The Morgan fingerprint density at radius 1 is 1.19 bits per heavy atom. The molecular formula is C10H18F3NO2. The molecule has 1 saturated carbocycles. The molecule has 0 aromatic heterocycles. The van der Waals surface area contributed by atoms with E-state index in [1.165, 1.54) is 7.11 Å². The Balaban J connectivity index is 2.35. The maximum Gasteiger partial charge on any atom is 0.393 e. The molecule has 1 fully saturated rings. The molecule has 1 rings (SSSR count). The van der Waals surface area contributed by atoms with Crippen molar-refractivity contribution in [2.75, 3.05) is 20.3 Å². The number of hydroxylamine groups is 1. The highest BCUT2D eigenvalue weighted by Gasteiger charge is 2.45. The zero-order valence-corrected chi connectivity index (χ0v) is 9.35. The molecule has 0 spiro atoms. The van der Waals surface area contributed by atoms with Gasteiger partial charge in [0.1, 0.15) is 0 Å². The zero-order valence-electron chi connectivity index (χ0n) is 9.35. The van der Waals surface area contributed by atoms with E-state index in [0.29, 0.717) is 19.4 Å². The van der Waals surface area contributed by atoms with Crippen LogP contribution in [-0.4, -0.2) is 32.5 Å². The fraction of sp³-hybridized carbons (Fsp3) is 1.00. The first kappa shape index (κ1) is 13.7. The number of alkyl halides is 3. The van der Waals surface area contributed by atoms with Gasteiger partial charge in [0.15, 0.2) is 0 Å². The lowest BCUT2D eigenvalue weighted by Crippen LogP contribution is -2.45. The zero-order chi connectivity index (χ0) is 12.0. The van der Waals surface area contributed by atoms with Crippen molar-refractivity contribution in [1.29, 1.82) is 0 Å². The van der Waals surface area contributed by atoms with Gasteiger partial charge in [-0.05, 0) is 12.8 Å². The summed E-state index contributed by atoms with van der Waals surface area (Å²) in [5, 5.41) is 0. The van der Waals surface area contributed by atoms with Crippen LogP contribution >= 0.6 is 0 Å². The molecule has 1 aliphatic carbocycles. The van der Waals surface area contributed by atoms with Crippen LogP contribution in [-0.2, 0) is 9.57 Å². The highest BCUT2D eigenvalue weighted by atomic mass is 19.4. The van der Waals surface area contributed by atoms with Gasteiger partial charge in [0, 0.05) is 13.2 Å². The molecular weight excluding hydrogens is 223 g/mol. The Morgan fingerprint density at radius 2 is 1.88 bits per heavy atom. The lowest BCUT2D eigenvalue weighted by atomic mass is 9.84. The fourth-order valence-corrected chi connectivity index (χ4v) is 1.95. The predicted octanol–water partition coefficient (Wildman–Crippen LogP) is 2.28. The van der Waals surface area contributed by atoms with Gasteiger partial charge in [0.25, 0.3) is 0 Å². The number of methoxy groups -OCH3 is 1. The number of hydrogen-bond donors (Lipinski definition) is 1. The molecule has 2 atom stereocenters. The van der Waals surface area contributed by atoms with Crippen molar-refractivity contribution in [3.05, 3.63) is 0 Å². The largest absolute Gasteiger partial charge is 0.393 e. The van der Waals surface area contributed by atoms with Crippen LogP contribution in [0.4, 0.5) is 13.2 Å². The summed E-state index contributed by atoms with van der Waals surface area (Å²) in [6.45, 7) is 0.633. The van der Waals surface area contributed by atoms with Crippen molar-refractivity contribution in [2.24, 2.45) is 5.92 Å². The van der Waals surface area contributed by atoms with Crippen LogP contribution in [0.15, 0.2) is 0 Å². The van der Waals surface area contributed by atoms with E-state index < -0.39 is 18.1 Å². The molecule has 1 aliphatic rings. The van der Waals surface area contributed by atoms with Crippen molar-refractivity contribution in [3.63, 3.8) is 0 Å². The molecule has 1 N–H and O–H groups in total. The van der Waals surface area contributed by atoms with E-state index in [-0.39, 0.29) is 13.0 Å². The first-order valence-electron chi connectivity index (χ1n) is 5.48. The normalized spacial score (nSPS) is 27.0. The second-order valence-electron chi connectivity index (χ2n) is 4.00. The minimum absolute atomic E-state index is 0.189. The molecule has 3 nitrogen and oxygen atoms in total. The number of nitrogens with one attached hydrogen (secondary N) is 1. The van der Waals surface area contributed by atoms with Gasteiger partial charge in [0.05, 0.1) is 19.1 Å². The molecule has 0 radical (unpaired) electrons. The summed E-state index contributed by atoms with van der Waals surface area (Å²) in [6.07, 6.45) is -1.98. The Morgan fingerprint density at radius 3 is 2.50 bits per heavy atom. The lowest BCUT2D eigenvalue weighted by molar-refractivity contribution is -0.200. The summed E-state index contributed by atoms with van der Waals surface area (Å²) in [7, 11) is 1.52. The average Bonchev–Trinajstić information content (AvgIpc) is 2.24. The maximum absolute atomic E-state index is 12.6. The van der Waals surface area contributed by atoms with Crippen LogP contribution in [0.25, 0.3) is 0 Å². The molecule has 96 valence electrons. The van der Waals surface area contributed by atoms with Gasteiger partial charge in [-0.3, -0.25) is 4.84 Å². The number of halogens is 3. The second-order valence-corrected chi connectivity index (χ2v) is 4.00. The summed E-state index contributed by atoms with van der Waals surface area (Å²) >= 11 is 0. The van der Waals surface area contributed by atoms with E-state index in [2.05, 4.69) is 5.48 Å². The highest BCUT2D eigenvalue weighted by molar-refractivity contribution is 4.83. The fourth-order valence-electron chi connectivity index (χ4n) is 1.95. The van der Waals surface area contributed by atoms with E-state index in [0.717, 1.165) is 6.42 Å². The van der Waals surface area contributed by atoms with E-state index in [1.54, 1.807) is 0 Å². The van der Waals surface area contributed by atoms with Crippen molar-refractivity contribution in [3.8, 4) is 0 Å². The van der Waals surface area contributed by atoms with Gasteiger partial charge in [-0.1, -0.05) is 12.8 Å². The first-order valence-corrected chi connectivity index (χ1v) is 5.48. The van der Waals surface area contributed by atoms with Crippen LogP contribution in [0.5, 0.6) is 0 Å². The summed E-state index contributed by atoms with van der Waals surface area (Å²) < 4.78 is 42.7. The topological polar surface area (TPSA) is 30.5 Å². The minimum atomic E-state index is -4.14. The van der Waals surface area contributed by atoms with Gasteiger partial charge >= 0.3 is 6.18 Å². The molecule has 16 heavy (non-hydrogen) atoms. The number of rotatable bonds is 5. The average molecular weight is 241 g/mol. The van der Waals surface area contributed by atoms with Crippen LogP contribution in [0, 0.1) is 5.92 Å². The predicted molar refractivity (Wildman–Crippen MR) is 52.8 cm³/mol. The standard InChI is InChI=1S/C10H18F3NO2/c1-15-6-7-16-14-9-5-3-2-4-8(9)10(11,12)13/h8-9,14H,2-7H2,1H3. The summed E-state index contributed by atoms with van der Waals surface area (Å²) in [4.78, 5) is 4.96. The third-order valence-electron chi connectivity index (χ3n) is 2.81. The summed E-state index contributed by atoms with van der Waals surface area (Å²) in [5.74, 6) is -1.29. The van der Waals surface area contributed by atoms with Gasteiger partial charge in [-0.15, -0.1) is 0 Å². The summed E-state index contributed by atoms with van der Waals surface area (Å²) in [6, 6.07) is -0.620. The van der Waals surface area contributed by atoms with Crippen molar-refractivity contribution in [1.82, 2.24) is 5.48 Å². The van der Waals surface area contributed by atoms with E-state index >= 15 is 0 Å². The molecule has 0 saturated heterocycles. The Labute approximate surface area is 93.2 Å². The smallest absolute Gasteiger partial charge is 0.382 e. The van der Waals surface area contributed by atoms with Gasteiger partial charge in [0.2, 0.25) is 0 Å². The van der Waals surface area contributed by atoms with E-state index in [1.807, 2.05) is 0 Å². The van der Waals surface area contributed by atoms with E-state index in [4.69, 9.17) is 9.57 Å². The first-order chi connectivity index (χ1) is 7.55. The molecule has 0 aliphatic heterocycles. The van der Waals surface area contributed by atoms with Gasteiger partial charge in [-0.25, -0.2) is 0 Å². The SMILES string of the molecule is COCCONC1CCCCC1C(F)(F)F. The molecule has 2 unspecified atom stereocenters. The van der Waals surface area contributed by atoms with Crippen molar-refractivity contribution >= 4 is 0 Å². The lowest BCUT2D eigenvalue weighted by Gasteiger charge is -2.33. The quantitative estimate of drug-likeness (QED) is 0.591. The minimum Gasteiger partial charge on any atom is -0.382 e. The van der Waals surface area contributed by atoms with Crippen molar-refractivity contribution < 1.29 is 22.7 Å². The van der Waals surface area contributed by atoms with Crippen LogP contribution < -0.4 is 5.48 Å². The van der Waals surface area contributed by atoms with Crippen LogP contribution in [0.1, 0.15) is 25.7 Å². The molecule has 0 amide bonds. The molecule has 0 bridgehead atoms. The third kappa shape index (κ3) is 4.27. The van der Waals surface area contributed by atoms with E-state index in [9.17, 15) is 13.2 Å².